The largest absolute Gasteiger partial charge is 0.497 e. The van der Waals surface area contributed by atoms with Crippen molar-refractivity contribution in [1.29, 1.82) is 0 Å². The second-order valence-electron chi connectivity index (χ2n) is 6.00. The van der Waals surface area contributed by atoms with E-state index in [1.54, 1.807) is 14.2 Å². The molecule has 0 spiro atoms. The van der Waals surface area contributed by atoms with Crippen LogP contribution in [-0.4, -0.2) is 39.1 Å². The van der Waals surface area contributed by atoms with E-state index in [0.29, 0.717) is 12.1 Å². The lowest BCUT2D eigenvalue weighted by Gasteiger charge is -2.12. The van der Waals surface area contributed by atoms with E-state index in [2.05, 4.69) is 20.9 Å². The van der Waals surface area contributed by atoms with Crippen LogP contribution in [0.4, 0.5) is 0 Å². The third-order valence-electron chi connectivity index (χ3n) is 4.05. The van der Waals surface area contributed by atoms with Gasteiger partial charge < -0.3 is 20.7 Å². The van der Waals surface area contributed by atoms with Crippen molar-refractivity contribution in [2.24, 2.45) is 4.99 Å². The zero-order valence-corrected chi connectivity index (χ0v) is 18.9. The molecule has 1 amide bonds. The Morgan fingerprint density at radius 1 is 1.07 bits per heavy atom. The zero-order chi connectivity index (χ0) is 19.5. The summed E-state index contributed by atoms with van der Waals surface area (Å²) in [5.74, 6) is 1.54. The maximum Gasteiger partial charge on any atom is 0.251 e. The molecule has 0 aliphatic rings. The van der Waals surface area contributed by atoms with Crippen LogP contribution in [0.2, 0.25) is 0 Å². The molecular formula is C21H29IN4O2. The Bertz CT molecular complexity index is 763. The summed E-state index contributed by atoms with van der Waals surface area (Å²) in [6.07, 6.45) is 0.803. The van der Waals surface area contributed by atoms with Crippen LogP contribution in [-0.2, 0) is 13.0 Å². The highest BCUT2D eigenvalue weighted by molar-refractivity contribution is 14.0. The van der Waals surface area contributed by atoms with Crippen LogP contribution >= 0.6 is 24.0 Å². The Kier molecular flexibility index (Phi) is 11.0. The van der Waals surface area contributed by atoms with Gasteiger partial charge in [0.15, 0.2) is 5.96 Å². The van der Waals surface area contributed by atoms with Gasteiger partial charge in [0.1, 0.15) is 5.75 Å². The lowest BCUT2D eigenvalue weighted by Crippen LogP contribution is -2.38. The lowest BCUT2D eigenvalue weighted by molar-refractivity contribution is 0.0963. The van der Waals surface area contributed by atoms with Gasteiger partial charge in [-0.3, -0.25) is 4.79 Å². The van der Waals surface area contributed by atoms with E-state index >= 15 is 0 Å². The Morgan fingerprint density at radius 2 is 1.82 bits per heavy atom. The smallest absolute Gasteiger partial charge is 0.251 e. The molecule has 6 nitrogen and oxygen atoms in total. The van der Waals surface area contributed by atoms with Crippen molar-refractivity contribution in [3.05, 3.63) is 65.2 Å². The summed E-state index contributed by atoms with van der Waals surface area (Å²) >= 11 is 0. The van der Waals surface area contributed by atoms with Gasteiger partial charge in [-0.1, -0.05) is 24.3 Å². The van der Waals surface area contributed by atoms with Gasteiger partial charge in [-0.25, -0.2) is 4.99 Å². The number of carbonyl (C=O) groups excluding carboxylic acids is 1. The minimum Gasteiger partial charge on any atom is -0.497 e. The number of ether oxygens (including phenoxy) is 1. The molecule has 0 bridgehead atoms. The highest BCUT2D eigenvalue weighted by Gasteiger charge is 2.04. The van der Waals surface area contributed by atoms with E-state index in [1.165, 1.54) is 0 Å². The minimum atomic E-state index is -0.0702. The van der Waals surface area contributed by atoms with Gasteiger partial charge >= 0.3 is 0 Å². The molecule has 0 saturated heterocycles. The summed E-state index contributed by atoms with van der Waals surface area (Å²) in [6, 6.07) is 15.6. The highest BCUT2D eigenvalue weighted by atomic mass is 127. The third-order valence-corrected chi connectivity index (χ3v) is 4.05. The van der Waals surface area contributed by atoms with Crippen LogP contribution in [0.3, 0.4) is 0 Å². The minimum absolute atomic E-state index is 0. The van der Waals surface area contributed by atoms with Gasteiger partial charge in [-0.2, -0.15) is 0 Å². The first-order valence-corrected chi connectivity index (χ1v) is 9.12. The molecule has 28 heavy (non-hydrogen) atoms. The van der Waals surface area contributed by atoms with E-state index in [1.807, 2.05) is 55.5 Å². The van der Waals surface area contributed by atoms with Gasteiger partial charge in [0.25, 0.3) is 5.91 Å². The predicted octanol–water partition coefficient (Wildman–Crippen LogP) is 2.97. The van der Waals surface area contributed by atoms with Crippen molar-refractivity contribution in [3.8, 4) is 5.75 Å². The SMILES string of the molecule is CCNC(=NCc1ccc(OC)cc1)NCCc1cccc(C(=O)NC)c1.I. The van der Waals surface area contributed by atoms with Gasteiger partial charge in [-0.05, 0) is 48.7 Å². The fourth-order valence-corrected chi connectivity index (χ4v) is 2.58. The molecular weight excluding hydrogens is 467 g/mol. The lowest BCUT2D eigenvalue weighted by atomic mass is 10.1. The molecule has 0 heterocycles. The molecule has 0 aliphatic carbocycles. The van der Waals surface area contributed by atoms with Crippen molar-refractivity contribution >= 4 is 35.8 Å². The second kappa shape index (κ2) is 13.0. The predicted molar refractivity (Wildman–Crippen MR) is 125 cm³/mol. The van der Waals surface area contributed by atoms with Crippen LogP contribution in [0.5, 0.6) is 5.75 Å². The molecule has 0 aliphatic heterocycles. The van der Waals surface area contributed by atoms with Crippen LogP contribution in [0.15, 0.2) is 53.5 Å². The van der Waals surface area contributed by atoms with Gasteiger partial charge in [0.2, 0.25) is 0 Å². The van der Waals surface area contributed by atoms with E-state index in [4.69, 9.17) is 4.74 Å². The molecule has 0 fully saturated rings. The first-order chi connectivity index (χ1) is 13.2. The number of amides is 1. The normalized spacial score (nSPS) is 10.6. The number of guanidine groups is 1. The van der Waals surface area contributed by atoms with Crippen molar-refractivity contribution in [1.82, 2.24) is 16.0 Å². The van der Waals surface area contributed by atoms with Gasteiger partial charge in [0, 0.05) is 25.7 Å². The van der Waals surface area contributed by atoms with Crippen LogP contribution < -0.4 is 20.7 Å². The van der Waals surface area contributed by atoms with Crippen molar-refractivity contribution in [3.63, 3.8) is 0 Å². The molecule has 2 rings (SSSR count). The molecule has 0 aromatic heterocycles. The summed E-state index contributed by atoms with van der Waals surface area (Å²) in [6.45, 7) is 4.15. The summed E-state index contributed by atoms with van der Waals surface area (Å²) < 4.78 is 5.17. The Labute approximate surface area is 184 Å². The Hall–Kier alpha value is -2.29. The van der Waals surface area contributed by atoms with Gasteiger partial charge in [0.05, 0.1) is 13.7 Å². The number of hydrogen-bond acceptors (Lipinski definition) is 3. The summed E-state index contributed by atoms with van der Waals surface area (Å²) in [7, 11) is 3.29. The molecule has 3 N–H and O–H groups in total. The van der Waals surface area contributed by atoms with Crippen molar-refractivity contribution in [2.45, 2.75) is 19.9 Å². The first-order valence-electron chi connectivity index (χ1n) is 9.12. The monoisotopic (exact) mass is 496 g/mol. The summed E-state index contributed by atoms with van der Waals surface area (Å²) in [4.78, 5) is 16.3. The number of nitrogens with one attached hydrogen (secondary N) is 3. The number of carbonyl (C=O) groups is 1. The number of aliphatic imine (C=N–C) groups is 1. The number of rotatable bonds is 8. The number of halogens is 1. The number of benzene rings is 2. The first kappa shape index (κ1) is 23.7. The molecule has 0 unspecified atom stereocenters. The zero-order valence-electron chi connectivity index (χ0n) is 16.6. The second-order valence-corrected chi connectivity index (χ2v) is 6.00. The fourth-order valence-electron chi connectivity index (χ4n) is 2.58. The molecule has 0 radical (unpaired) electrons. The maximum absolute atomic E-state index is 11.7. The molecule has 152 valence electrons. The summed E-state index contributed by atoms with van der Waals surface area (Å²) in [5, 5.41) is 9.24. The molecule has 0 atom stereocenters. The standard InChI is InChI=1S/C21H28N4O2.HI/c1-4-23-21(25-15-17-8-10-19(27-3)11-9-17)24-13-12-16-6-5-7-18(14-16)20(26)22-2;/h5-11,14H,4,12-13,15H2,1-3H3,(H,22,26)(H2,23,24,25);1H. The molecule has 7 heteroatoms. The number of methoxy groups -OCH3 is 1. The average Bonchev–Trinajstić information content (AvgIpc) is 2.72. The van der Waals surface area contributed by atoms with Crippen LogP contribution in [0.1, 0.15) is 28.4 Å². The van der Waals surface area contributed by atoms with E-state index in [0.717, 1.165) is 42.3 Å². The third kappa shape index (κ3) is 7.75. The van der Waals surface area contributed by atoms with Crippen LogP contribution in [0.25, 0.3) is 0 Å². The molecule has 2 aromatic carbocycles. The Balaban J connectivity index is 0.00000392. The quantitative estimate of drug-likeness (QED) is 0.299. The maximum atomic E-state index is 11.7. The van der Waals surface area contributed by atoms with Crippen molar-refractivity contribution < 1.29 is 9.53 Å². The molecule has 2 aromatic rings. The highest BCUT2D eigenvalue weighted by Crippen LogP contribution is 2.11. The fraction of sp³-hybridized carbons (Fsp3) is 0.333. The van der Waals surface area contributed by atoms with Crippen molar-refractivity contribution in [2.75, 3.05) is 27.2 Å². The van der Waals surface area contributed by atoms with Gasteiger partial charge in [-0.15, -0.1) is 24.0 Å². The van der Waals surface area contributed by atoms with E-state index < -0.39 is 0 Å². The van der Waals surface area contributed by atoms with E-state index in [-0.39, 0.29) is 29.9 Å². The molecule has 0 saturated carbocycles. The van der Waals surface area contributed by atoms with Crippen LogP contribution in [0, 0.1) is 0 Å². The summed E-state index contributed by atoms with van der Waals surface area (Å²) in [5.41, 5.74) is 2.90. The van der Waals surface area contributed by atoms with E-state index in [9.17, 15) is 4.79 Å². The topological polar surface area (TPSA) is 74.8 Å². The number of nitrogens with zero attached hydrogens (tertiary/aromatic N) is 1. The average molecular weight is 496 g/mol. The Morgan fingerprint density at radius 3 is 2.46 bits per heavy atom. The number of hydrogen-bond donors (Lipinski definition) is 3.